The molecule has 1 unspecified atom stereocenters. The summed E-state index contributed by atoms with van der Waals surface area (Å²) in [7, 11) is 1.62. The highest BCUT2D eigenvalue weighted by atomic mass is 32.1. The van der Waals surface area contributed by atoms with E-state index in [0.29, 0.717) is 24.7 Å². The van der Waals surface area contributed by atoms with Crippen molar-refractivity contribution in [2.75, 3.05) is 26.8 Å². The number of hydrogen-bond acceptors (Lipinski definition) is 5. The molecule has 4 rings (SSSR count). The van der Waals surface area contributed by atoms with Gasteiger partial charge in [0.15, 0.2) is 11.5 Å². The van der Waals surface area contributed by atoms with Gasteiger partial charge in [0.1, 0.15) is 13.2 Å². The first kappa shape index (κ1) is 22.5. The molecule has 0 radical (unpaired) electrons. The Bertz CT molecular complexity index is 956. The maximum absolute atomic E-state index is 13.4. The Morgan fingerprint density at radius 1 is 1.22 bits per heavy atom. The zero-order valence-electron chi connectivity index (χ0n) is 18.9. The van der Waals surface area contributed by atoms with Crippen LogP contribution in [0.5, 0.6) is 11.5 Å². The van der Waals surface area contributed by atoms with Crippen LogP contribution < -0.4 is 14.8 Å². The van der Waals surface area contributed by atoms with E-state index in [0.717, 1.165) is 24.8 Å². The summed E-state index contributed by atoms with van der Waals surface area (Å²) in [4.78, 5) is 31.0. The van der Waals surface area contributed by atoms with E-state index in [4.69, 9.17) is 9.47 Å². The van der Waals surface area contributed by atoms with Crippen molar-refractivity contribution in [2.45, 2.75) is 51.2 Å². The number of nitrogens with zero attached hydrogens (tertiary/aromatic N) is 2. The molecule has 1 aliphatic carbocycles. The maximum Gasteiger partial charge on any atom is 0.318 e. The Morgan fingerprint density at radius 3 is 2.66 bits per heavy atom. The molecule has 1 aliphatic heterocycles. The van der Waals surface area contributed by atoms with Gasteiger partial charge in [-0.2, -0.15) is 0 Å². The molecule has 1 atom stereocenters. The van der Waals surface area contributed by atoms with Gasteiger partial charge in [-0.15, -0.1) is 11.3 Å². The molecule has 0 saturated heterocycles. The fraction of sp³-hybridized carbons (Fsp3) is 0.500. The smallest absolute Gasteiger partial charge is 0.318 e. The number of carbonyl (C=O) groups excluding carboxylic acids is 2. The second-order valence-corrected chi connectivity index (χ2v) is 9.58. The molecular weight excluding hydrogens is 426 g/mol. The molecule has 172 valence electrons. The van der Waals surface area contributed by atoms with Gasteiger partial charge in [0.05, 0.1) is 13.2 Å². The van der Waals surface area contributed by atoms with E-state index in [9.17, 15) is 9.59 Å². The number of amides is 3. The third-order valence-electron chi connectivity index (χ3n) is 5.85. The van der Waals surface area contributed by atoms with Gasteiger partial charge < -0.3 is 24.6 Å². The normalized spacial score (nSPS) is 17.6. The fourth-order valence-corrected chi connectivity index (χ4v) is 5.03. The molecule has 32 heavy (non-hydrogen) atoms. The number of para-hydroxylation sites is 2. The molecule has 1 aromatic heterocycles. The number of hydrogen-bond donors (Lipinski definition) is 1. The van der Waals surface area contributed by atoms with E-state index in [1.807, 2.05) is 43.0 Å². The van der Waals surface area contributed by atoms with Gasteiger partial charge in [0.2, 0.25) is 5.91 Å². The highest BCUT2D eigenvalue weighted by Crippen LogP contribution is 2.36. The zero-order chi connectivity index (χ0) is 22.7. The average molecular weight is 458 g/mol. The van der Waals surface area contributed by atoms with Crippen LogP contribution in [0, 0.1) is 0 Å². The molecular formula is C24H31N3O4S. The van der Waals surface area contributed by atoms with Crippen molar-refractivity contribution in [3.8, 4) is 11.5 Å². The van der Waals surface area contributed by atoms with Gasteiger partial charge in [-0.3, -0.25) is 4.79 Å². The van der Waals surface area contributed by atoms with E-state index in [1.165, 1.54) is 4.88 Å². The van der Waals surface area contributed by atoms with E-state index in [2.05, 4.69) is 16.8 Å². The molecule has 1 saturated carbocycles. The second kappa shape index (κ2) is 9.81. The van der Waals surface area contributed by atoms with Crippen LogP contribution in [0.4, 0.5) is 4.79 Å². The lowest BCUT2D eigenvalue weighted by molar-refractivity contribution is -0.135. The minimum atomic E-state index is -0.198. The standard InChI is InChI=1S/C24H31N3O4S/c1-16(2)25-24(29)27(17-8-9-17)14-23(28)26-12-10-22-18(11-13-32-22)19(26)15-31-21-7-5-4-6-20(21)30-3/h4-7,11,13,16-17,19H,8-10,12,14-15H2,1-3H3,(H,25,29). The SMILES string of the molecule is COc1ccccc1OCC1c2ccsc2CCN1C(=O)CN(C(=O)NC(C)C)C1CC1. The number of ether oxygens (including phenoxy) is 2. The second-order valence-electron chi connectivity index (χ2n) is 8.58. The Hall–Kier alpha value is -2.74. The summed E-state index contributed by atoms with van der Waals surface area (Å²) in [6, 6.07) is 9.43. The van der Waals surface area contributed by atoms with Gasteiger partial charge in [-0.25, -0.2) is 4.79 Å². The number of benzene rings is 1. The number of carbonyl (C=O) groups is 2. The van der Waals surface area contributed by atoms with Gasteiger partial charge >= 0.3 is 6.03 Å². The molecule has 1 fully saturated rings. The number of nitrogens with one attached hydrogen (secondary N) is 1. The van der Waals surface area contributed by atoms with Crippen LogP contribution in [-0.2, 0) is 11.2 Å². The Balaban J connectivity index is 1.50. The quantitative estimate of drug-likeness (QED) is 0.654. The van der Waals surface area contributed by atoms with E-state index < -0.39 is 0 Å². The molecule has 0 bridgehead atoms. The van der Waals surface area contributed by atoms with E-state index in [-0.39, 0.29) is 36.6 Å². The highest BCUT2D eigenvalue weighted by Gasteiger charge is 2.38. The van der Waals surface area contributed by atoms with Gasteiger partial charge in [-0.05, 0) is 62.3 Å². The lowest BCUT2D eigenvalue weighted by atomic mass is 10.0. The first-order chi connectivity index (χ1) is 15.5. The predicted octanol–water partition coefficient (Wildman–Crippen LogP) is 3.84. The van der Waals surface area contributed by atoms with Crippen molar-refractivity contribution in [3.05, 3.63) is 46.2 Å². The van der Waals surface area contributed by atoms with Crippen LogP contribution in [0.1, 0.15) is 43.2 Å². The minimum absolute atomic E-state index is 0.0317. The molecule has 2 aromatic rings. The highest BCUT2D eigenvalue weighted by molar-refractivity contribution is 7.10. The van der Waals surface area contributed by atoms with Gasteiger partial charge in [0, 0.05) is 23.5 Å². The summed E-state index contributed by atoms with van der Waals surface area (Å²) in [5.74, 6) is 1.28. The van der Waals surface area contributed by atoms with Gasteiger partial charge in [-0.1, -0.05) is 12.1 Å². The molecule has 3 amide bonds. The van der Waals surface area contributed by atoms with Crippen LogP contribution in [-0.4, -0.2) is 60.6 Å². The molecule has 8 heteroatoms. The van der Waals surface area contributed by atoms with Crippen LogP contribution in [0.25, 0.3) is 0 Å². The van der Waals surface area contributed by atoms with Crippen LogP contribution in [0.15, 0.2) is 35.7 Å². The lowest BCUT2D eigenvalue weighted by Gasteiger charge is -2.37. The predicted molar refractivity (Wildman–Crippen MR) is 124 cm³/mol. The summed E-state index contributed by atoms with van der Waals surface area (Å²) in [6.45, 7) is 4.90. The molecule has 1 N–H and O–H groups in total. The third-order valence-corrected chi connectivity index (χ3v) is 6.84. The number of fused-ring (bicyclic) bond motifs is 1. The Kier molecular flexibility index (Phi) is 6.89. The van der Waals surface area contributed by atoms with Crippen molar-refractivity contribution in [3.63, 3.8) is 0 Å². The number of thiophene rings is 1. The lowest BCUT2D eigenvalue weighted by Crippen LogP contribution is -2.51. The topological polar surface area (TPSA) is 71.1 Å². The first-order valence-electron chi connectivity index (χ1n) is 11.2. The Morgan fingerprint density at radius 2 is 1.97 bits per heavy atom. The van der Waals surface area contributed by atoms with Crippen LogP contribution in [0.2, 0.25) is 0 Å². The van der Waals surface area contributed by atoms with E-state index in [1.54, 1.807) is 23.3 Å². The summed E-state index contributed by atoms with van der Waals surface area (Å²) >= 11 is 1.72. The number of urea groups is 1. The maximum atomic E-state index is 13.4. The fourth-order valence-electron chi connectivity index (χ4n) is 4.10. The average Bonchev–Trinajstić information content (AvgIpc) is 3.50. The molecule has 2 heterocycles. The largest absolute Gasteiger partial charge is 0.493 e. The third kappa shape index (κ3) is 5.01. The van der Waals surface area contributed by atoms with E-state index >= 15 is 0 Å². The van der Waals surface area contributed by atoms with Crippen molar-refractivity contribution < 1.29 is 19.1 Å². The Labute approximate surface area is 193 Å². The van der Waals surface area contributed by atoms with Crippen molar-refractivity contribution >= 4 is 23.3 Å². The minimum Gasteiger partial charge on any atom is -0.493 e. The summed E-state index contributed by atoms with van der Waals surface area (Å²) in [6.07, 6.45) is 2.73. The van der Waals surface area contributed by atoms with Crippen molar-refractivity contribution in [1.82, 2.24) is 15.1 Å². The zero-order valence-corrected chi connectivity index (χ0v) is 19.7. The van der Waals surface area contributed by atoms with Crippen molar-refractivity contribution in [2.24, 2.45) is 0 Å². The summed E-state index contributed by atoms with van der Waals surface area (Å²) in [5, 5.41) is 5.00. The molecule has 2 aliphatic rings. The molecule has 7 nitrogen and oxygen atoms in total. The summed E-state index contributed by atoms with van der Waals surface area (Å²) in [5.41, 5.74) is 1.13. The monoisotopic (exact) mass is 457 g/mol. The molecule has 1 aromatic carbocycles. The summed E-state index contributed by atoms with van der Waals surface area (Å²) < 4.78 is 11.5. The number of methoxy groups -OCH3 is 1. The molecule has 0 spiro atoms. The van der Waals surface area contributed by atoms with Gasteiger partial charge in [0.25, 0.3) is 0 Å². The number of rotatable bonds is 8. The van der Waals surface area contributed by atoms with Crippen molar-refractivity contribution in [1.29, 1.82) is 0 Å². The van der Waals surface area contributed by atoms with Crippen LogP contribution in [0.3, 0.4) is 0 Å². The first-order valence-corrected chi connectivity index (χ1v) is 12.0. The van der Waals surface area contributed by atoms with Crippen LogP contribution >= 0.6 is 11.3 Å².